The molecule has 122 valence electrons. The molecule has 1 aromatic rings. The van der Waals surface area contributed by atoms with Gasteiger partial charge < -0.3 is 10.2 Å². The van der Waals surface area contributed by atoms with Crippen LogP contribution in [0.25, 0.3) is 0 Å². The van der Waals surface area contributed by atoms with Crippen molar-refractivity contribution in [3.63, 3.8) is 0 Å². The summed E-state index contributed by atoms with van der Waals surface area (Å²) in [6, 6.07) is 0. The summed E-state index contributed by atoms with van der Waals surface area (Å²) in [5.41, 5.74) is 1.16. The number of thiazole rings is 1. The Morgan fingerprint density at radius 2 is 2.23 bits per heavy atom. The number of hydrogen-bond acceptors (Lipinski definition) is 4. The molecule has 0 radical (unpaired) electrons. The van der Waals surface area contributed by atoms with Gasteiger partial charge >= 0.3 is 0 Å². The lowest BCUT2D eigenvalue weighted by molar-refractivity contribution is -0.128. The third-order valence-corrected chi connectivity index (χ3v) is 4.83. The van der Waals surface area contributed by atoms with Crippen molar-refractivity contribution in [2.24, 2.45) is 5.92 Å². The van der Waals surface area contributed by atoms with Crippen LogP contribution in [0.15, 0.2) is 5.38 Å². The van der Waals surface area contributed by atoms with Gasteiger partial charge in [-0.25, -0.2) is 4.98 Å². The second-order valence-corrected chi connectivity index (χ2v) is 7.69. The Hall–Kier alpha value is -1.43. The lowest BCUT2D eigenvalue weighted by atomic mass is 9.93. The van der Waals surface area contributed by atoms with E-state index in [9.17, 15) is 9.59 Å². The number of nitrogens with zero attached hydrogens (tertiary/aromatic N) is 2. The second-order valence-electron chi connectivity index (χ2n) is 6.75. The number of aromatic nitrogens is 1. The van der Waals surface area contributed by atoms with E-state index in [1.54, 1.807) is 16.2 Å². The van der Waals surface area contributed by atoms with Crippen LogP contribution in [0.3, 0.4) is 0 Å². The highest BCUT2D eigenvalue weighted by Gasteiger charge is 2.33. The van der Waals surface area contributed by atoms with Gasteiger partial charge in [-0.2, -0.15) is 0 Å². The molecule has 1 unspecified atom stereocenters. The van der Waals surface area contributed by atoms with Crippen molar-refractivity contribution >= 4 is 23.2 Å². The first-order valence-electron chi connectivity index (χ1n) is 7.81. The minimum Gasteiger partial charge on any atom is -0.355 e. The van der Waals surface area contributed by atoms with Crippen LogP contribution in [-0.2, 0) is 21.4 Å². The monoisotopic (exact) mass is 323 g/mol. The van der Waals surface area contributed by atoms with Gasteiger partial charge in [-0.3, -0.25) is 9.59 Å². The van der Waals surface area contributed by atoms with Crippen LogP contribution in [0.2, 0.25) is 0 Å². The topological polar surface area (TPSA) is 62.3 Å². The zero-order valence-corrected chi connectivity index (χ0v) is 14.6. The molecule has 2 rings (SSSR count). The average molecular weight is 323 g/mol. The molecule has 0 bridgehead atoms. The van der Waals surface area contributed by atoms with E-state index in [1.807, 2.05) is 6.92 Å². The highest BCUT2D eigenvalue weighted by Crippen LogP contribution is 2.24. The minimum atomic E-state index is -0.200. The molecule has 0 aliphatic carbocycles. The van der Waals surface area contributed by atoms with Crippen molar-refractivity contribution in [3.05, 3.63) is 16.1 Å². The molecule has 1 aliphatic rings. The molecule has 0 spiro atoms. The van der Waals surface area contributed by atoms with Crippen LogP contribution in [0.1, 0.15) is 44.8 Å². The van der Waals surface area contributed by atoms with Gasteiger partial charge in [-0.1, -0.05) is 20.8 Å². The molecule has 0 aromatic carbocycles. The van der Waals surface area contributed by atoms with Crippen LogP contribution < -0.4 is 5.32 Å². The summed E-state index contributed by atoms with van der Waals surface area (Å²) < 4.78 is 0. The molecular formula is C16H25N3O2S. The van der Waals surface area contributed by atoms with Gasteiger partial charge in [-0.05, 0) is 6.92 Å². The van der Waals surface area contributed by atoms with Gasteiger partial charge in [0.25, 0.3) is 0 Å². The Balaban J connectivity index is 1.78. The number of amides is 2. The highest BCUT2D eigenvalue weighted by molar-refractivity contribution is 7.09. The fourth-order valence-electron chi connectivity index (χ4n) is 2.46. The van der Waals surface area contributed by atoms with Gasteiger partial charge in [0.05, 0.1) is 16.6 Å². The molecular weight excluding hydrogens is 298 g/mol. The summed E-state index contributed by atoms with van der Waals surface area (Å²) in [4.78, 5) is 30.1. The Labute approximate surface area is 136 Å². The van der Waals surface area contributed by atoms with Crippen molar-refractivity contribution in [1.29, 1.82) is 0 Å². The predicted molar refractivity (Wildman–Crippen MR) is 87.9 cm³/mol. The zero-order valence-electron chi connectivity index (χ0n) is 13.8. The van der Waals surface area contributed by atoms with Crippen molar-refractivity contribution in [2.45, 2.75) is 46.0 Å². The van der Waals surface area contributed by atoms with Crippen molar-refractivity contribution in [1.82, 2.24) is 15.2 Å². The smallest absolute Gasteiger partial charge is 0.225 e. The average Bonchev–Trinajstić information content (AvgIpc) is 3.04. The Morgan fingerprint density at radius 3 is 2.77 bits per heavy atom. The summed E-state index contributed by atoms with van der Waals surface area (Å²) in [6.45, 7) is 10.2. The molecule has 1 N–H and O–H groups in total. The van der Waals surface area contributed by atoms with E-state index in [0.717, 1.165) is 17.1 Å². The highest BCUT2D eigenvalue weighted by atomic mass is 32.1. The molecule has 0 saturated carbocycles. The molecule has 1 atom stereocenters. The van der Waals surface area contributed by atoms with E-state index in [1.165, 1.54) is 0 Å². The van der Waals surface area contributed by atoms with Gasteiger partial charge in [0, 0.05) is 43.3 Å². The van der Waals surface area contributed by atoms with E-state index in [2.05, 4.69) is 36.5 Å². The lowest BCUT2D eigenvalue weighted by Gasteiger charge is -2.14. The Kier molecular flexibility index (Phi) is 5.21. The molecule has 2 amide bonds. The van der Waals surface area contributed by atoms with E-state index in [-0.39, 0.29) is 23.1 Å². The van der Waals surface area contributed by atoms with Gasteiger partial charge in [0.15, 0.2) is 0 Å². The first-order chi connectivity index (χ1) is 10.3. The van der Waals surface area contributed by atoms with Gasteiger partial charge in [-0.15, -0.1) is 11.3 Å². The molecule has 5 nitrogen and oxygen atoms in total. The SMILES string of the molecule is CCN1CC(C(=O)NCCc2nc(C(C)(C)C)cs2)CC1=O. The molecule has 1 aliphatic heterocycles. The number of carbonyl (C=O) groups excluding carboxylic acids is 2. The number of rotatable bonds is 5. The van der Waals surface area contributed by atoms with E-state index in [0.29, 0.717) is 26.1 Å². The first-order valence-corrected chi connectivity index (χ1v) is 8.69. The summed E-state index contributed by atoms with van der Waals surface area (Å²) in [6.07, 6.45) is 1.08. The van der Waals surface area contributed by atoms with Crippen LogP contribution in [-0.4, -0.2) is 41.3 Å². The van der Waals surface area contributed by atoms with Crippen LogP contribution in [0.4, 0.5) is 0 Å². The quantitative estimate of drug-likeness (QED) is 0.901. The Bertz CT molecular complexity index is 548. The maximum absolute atomic E-state index is 12.1. The fourth-order valence-corrected chi connectivity index (χ4v) is 3.49. The molecule has 22 heavy (non-hydrogen) atoms. The maximum atomic E-state index is 12.1. The summed E-state index contributed by atoms with van der Waals surface area (Å²) >= 11 is 1.64. The normalized spacial score (nSPS) is 18.8. The second kappa shape index (κ2) is 6.77. The predicted octanol–water partition coefficient (Wildman–Crippen LogP) is 1.97. The molecule has 1 saturated heterocycles. The summed E-state index contributed by atoms with van der Waals surface area (Å²) in [7, 11) is 0. The number of likely N-dealkylation sites (tertiary alicyclic amines) is 1. The number of hydrogen-bond donors (Lipinski definition) is 1. The van der Waals surface area contributed by atoms with Crippen molar-refractivity contribution in [3.8, 4) is 0 Å². The van der Waals surface area contributed by atoms with Gasteiger partial charge in [0.2, 0.25) is 11.8 Å². The third kappa shape index (κ3) is 4.06. The third-order valence-electron chi connectivity index (χ3n) is 3.93. The van der Waals surface area contributed by atoms with Crippen LogP contribution >= 0.6 is 11.3 Å². The molecule has 6 heteroatoms. The van der Waals surface area contributed by atoms with E-state index < -0.39 is 0 Å². The maximum Gasteiger partial charge on any atom is 0.225 e. The molecule has 1 fully saturated rings. The van der Waals surface area contributed by atoms with Crippen LogP contribution in [0, 0.1) is 5.92 Å². The largest absolute Gasteiger partial charge is 0.355 e. The first kappa shape index (κ1) is 16.9. The molecule has 2 heterocycles. The number of carbonyl (C=O) groups is 2. The van der Waals surface area contributed by atoms with Crippen molar-refractivity contribution in [2.75, 3.05) is 19.6 Å². The van der Waals surface area contributed by atoms with Crippen LogP contribution in [0.5, 0.6) is 0 Å². The zero-order chi connectivity index (χ0) is 16.3. The lowest BCUT2D eigenvalue weighted by Crippen LogP contribution is -2.34. The standard InChI is InChI=1S/C16H25N3O2S/c1-5-19-9-11(8-14(19)20)15(21)17-7-6-13-18-12(10-22-13)16(2,3)4/h10-11H,5-9H2,1-4H3,(H,17,21). The van der Waals surface area contributed by atoms with Crippen molar-refractivity contribution < 1.29 is 9.59 Å². The van der Waals surface area contributed by atoms with E-state index >= 15 is 0 Å². The van der Waals surface area contributed by atoms with E-state index in [4.69, 9.17) is 0 Å². The summed E-state index contributed by atoms with van der Waals surface area (Å²) in [5, 5.41) is 6.07. The molecule has 1 aromatic heterocycles. The van der Waals surface area contributed by atoms with Gasteiger partial charge in [0.1, 0.15) is 0 Å². The fraction of sp³-hybridized carbons (Fsp3) is 0.688. The minimum absolute atomic E-state index is 0.0168. The Morgan fingerprint density at radius 1 is 1.50 bits per heavy atom. The summed E-state index contributed by atoms with van der Waals surface area (Å²) in [5.74, 6) is -0.136. The number of nitrogens with one attached hydrogen (secondary N) is 1.